The van der Waals surface area contributed by atoms with Crippen LogP contribution >= 0.6 is 0 Å². The highest BCUT2D eigenvalue weighted by Gasteiger charge is 2.22. The van der Waals surface area contributed by atoms with Crippen molar-refractivity contribution in [2.45, 2.75) is 19.3 Å². The number of ether oxygens (including phenoxy) is 1. The van der Waals surface area contributed by atoms with Crippen LogP contribution in [0.2, 0.25) is 0 Å². The van der Waals surface area contributed by atoms with E-state index in [1.807, 2.05) is 0 Å². The molecule has 1 saturated heterocycles. The van der Waals surface area contributed by atoms with Gasteiger partial charge in [0.15, 0.2) is 0 Å². The summed E-state index contributed by atoms with van der Waals surface area (Å²) < 4.78 is 5.12. The molecule has 0 atom stereocenters. The molecule has 0 bridgehead atoms. The van der Waals surface area contributed by atoms with Gasteiger partial charge in [0.2, 0.25) is 0 Å². The van der Waals surface area contributed by atoms with Gasteiger partial charge in [0.05, 0.1) is 18.9 Å². The van der Waals surface area contributed by atoms with E-state index in [1.54, 1.807) is 0 Å². The summed E-state index contributed by atoms with van der Waals surface area (Å²) in [6.45, 7) is 2.29. The quantitative estimate of drug-likeness (QED) is 0.573. The van der Waals surface area contributed by atoms with Crippen molar-refractivity contribution in [1.82, 2.24) is 0 Å². The van der Waals surface area contributed by atoms with Crippen LogP contribution in [-0.2, 0) is 9.57 Å². The van der Waals surface area contributed by atoms with Crippen molar-refractivity contribution >= 4 is 5.71 Å². The second kappa shape index (κ2) is 3.22. The van der Waals surface area contributed by atoms with Crippen LogP contribution in [0.15, 0.2) is 5.16 Å². The van der Waals surface area contributed by atoms with Crippen molar-refractivity contribution in [2.75, 3.05) is 19.8 Å². The minimum atomic E-state index is 0.671. The second-order valence-electron chi connectivity index (χ2n) is 3.20. The SMILES string of the molecule is C1C/C(=N\OCC2CC2)CO1. The van der Waals surface area contributed by atoms with E-state index >= 15 is 0 Å². The predicted molar refractivity (Wildman–Crippen MR) is 41.5 cm³/mol. The molecule has 0 N–H and O–H groups in total. The fraction of sp³-hybridized carbons (Fsp3) is 0.875. The summed E-state index contributed by atoms with van der Waals surface area (Å²) >= 11 is 0. The Morgan fingerprint density at radius 2 is 2.45 bits per heavy atom. The fourth-order valence-electron chi connectivity index (χ4n) is 1.04. The van der Waals surface area contributed by atoms with Crippen molar-refractivity contribution in [3.8, 4) is 0 Å². The Bertz CT molecular complexity index is 155. The van der Waals surface area contributed by atoms with Gasteiger partial charge in [-0.3, -0.25) is 0 Å². The molecule has 0 unspecified atom stereocenters. The first-order valence-corrected chi connectivity index (χ1v) is 4.20. The van der Waals surface area contributed by atoms with Gasteiger partial charge in [0, 0.05) is 6.42 Å². The Kier molecular flexibility index (Phi) is 2.08. The van der Waals surface area contributed by atoms with Gasteiger partial charge in [0.1, 0.15) is 6.61 Å². The van der Waals surface area contributed by atoms with E-state index in [1.165, 1.54) is 12.8 Å². The number of hydrogen-bond donors (Lipinski definition) is 0. The van der Waals surface area contributed by atoms with Crippen molar-refractivity contribution in [3.63, 3.8) is 0 Å². The lowest BCUT2D eigenvalue weighted by molar-refractivity contribution is 0.132. The number of hydrogen-bond acceptors (Lipinski definition) is 3. The second-order valence-corrected chi connectivity index (χ2v) is 3.20. The zero-order valence-electron chi connectivity index (χ0n) is 6.58. The molecule has 1 aliphatic carbocycles. The normalized spacial score (nSPS) is 27.8. The summed E-state index contributed by atoms with van der Waals surface area (Å²) in [7, 11) is 0. The van der Waals surface area contributed by atoms with E-state index in [9.17, 15) is 0 Å². The smallest absolute Gasteiger partial charge is 0.120 e. The molecule has 0 aromatic carbocycles. The highest BCUT2D eigenvalue weighted by atomic mass is 16.6. The Labute approximate surface area is 66.4 Å². The maximum atomic E-state index is 5.15. The van der Waals surface area contributed by atoms with Gasteiger partial charge in [-0.15, -0.1) is 0 Å². The average Bonchev–Trinajstić information content (AvgIpc) is 2.66. The minimum Gasteiger partial charge on any atom is -0.395 e. The molecule has 2 aliphatic rings. The summed E-state index contributed by atoms with van der Waals surface area (Å²) in [4.78, 5) is 5.15. The van der Waals surface area contributed by atoms with Crippen molar-refractivity contribution < 1.29 is 9.57 Å². The lowest BCUT2D eigenvalue weighted by atomic mass is 10.3. The Morgan fingerprint density at radius 1 is 1.55 bits per heavy atom. The van der Waals surface area contributed by atoms with Crippen molar-refractivity contribution in [2.24, 2.45) is 11.1 Å². The molecule has 3 heteroatoms. The molecule has 2 fully saturated rings. The van der Waals surface area contributed by atoms with Crippen LogP contribution in [0.3, 0.4) is 0 Å². The third kappa shape index (κ3) is 2.19. The van der Waals surface area contributed by atoms with Crippen LogP contribution in [-0.4, -0.2) is 25.5 Å². The molecule has 0 amide bonds. The molecule has 2 rings (SSSR count). The summed E-state index contributed by atoms with van der Waals surface area (Å²) in [5, 5.41) is 4.00. The van der Waals surface area contributed by atoms with E-state index in [-0.39, 0.29) is 0 Å². The van der Waals surface area contributed by atoms with E-state index in [4.69, 9.17) is 9.57 Å². The lowest BCUT2D eigenvalue weighted by Crippen LogP contribution is -1.99. The minimum absolute atomic E-state index is 0.671. The highest BCUT2D eigenvalue weighted by molar-refractivity contribution is 5.86. The van der Waals surface area contributed by atoms with Crippen LogP contribution in [0.25, 0.3) is 0 Å². The van der Waals surface area contributed by atoms with E-state index in [0.717, 1.165) is 31.3 Å². The molecule has 1 saturated carbocycles. The van der Waals surface area contributed by atoms with E-state index in [0.29, 0.717) is 6.61 Å². The van der Waals surface area contributed by atoms with Crippen molar-refractivity contribution in [1.29, 1.82) is 0 Å². The Hall–Kier alpha value is -0.570. The first-order valence-electron chi connectivity index (χ1n) is 4.20. The monoisotopic (exact) mass is 155 g/mol. The molecule has 0 aromatic heterocycles. The van der Waals surface area contributed by atoms with Crippen LogP contribution in [0.4, 0.5) is 0 Å². The number of nitrogens with zero attached hydrogens (tertiary/aromatic N) is 1. The predicted octanol–water partition coefficient (Wildman–Crippen LogP) is 1.19. The standard InChI is InChI=1S/C8H13NO2/c1-2-7(1)5-11-9-8-3-4-10-6-8/h7H,1-6H2/b9-8+. The Morgan fingerprint density at radius 3 is 3.09 bits per heavy atom. The van der Waals surface area contributed by atoms with Crippen molar-refractivity contribution in [3.05, 3.63) is 0 Å². The number of oxime groups is 1. The summed E-state index contributed by atoms with van der Waals surface area (Å²) in [5.74, 6) is 0.793. The molecule has 0 radical (unpaired) electrons. The molecule has 1 aliphatic heterocycles. The first kappa shape index (κ1) is 7.10. The lowest BCUT2D eigenvalue weighted by Gasteiger charge is -1.96. The largest absolute Gasteiger partial charge is 0.395 e. The molecular weight excluding hydrogens is 142 g/mol. The molecule has 3 nitrogen and oxygen atoms in total. The molecular formula is C8H13NO2. The highest BCUT2D eigenvalue weighted by Crippen LogP contribution is 2.28. The van der Waals surface area contributed by atoms with Gasteiger partial charge in [-0.25, -0.2) is 0 Å². The van der Waals surface area contributed by atoms with Gasteiger partial charge in [-0.1, -0.05) is 5.16 Å². The summed E-state index contributed by atoms with van der Waals surface area (Å²) in [6, 6.07) is 0. The third-order valence-corrected chi connectivity index (χ3v) is 2.00. The maximum Gasteiger partial charge on any atom is 0.120 e. The summed E-state index contributed by atoms with van der Waals surface area (Å²) in [6.07, 6.45) is 3.59. The topological polar surface area (TPSA) is 30.8 Å². The van der Waals surface area contributed by atoms with Gasteiger partial charge in [-0.05, 0) is 18.8 Å². The molecule has 11 heavy (non-hydrogen) atoms. The molecule has 62 valence electrons. The van der Waals surface area contributed by atoms with Crippen LogP contribution in [0.1, 0.15) is 19.3 Å². The summed E-state index contributed by atoms with van der Waals surface area (Å²) in [5.41, 5.74) is 1.06. The fourth-order valence-corrected chi connectivity index (χ4v) is 1.04. The molecule has 1 heterocycles. The van der Waals surface area contributed by atoms with E-state index < -0.39 is 0 Å². The zero-order valence-corrected chi connectivity index (χ0v) is 6.58. The maximum absolute atomic E-state index is 5.15. The van der Waals surface area contributed by atoms with Crippen LogP contribution in [0, 0.1) is 5.92 Å². The molecule has 0 aromatic rings. The van der Waals surface area contributed by atoms with Gasteiger partial charge in [-0.2, -0.15) is 0 Å². The van der Waals surface area contributed by atoms with Gasteiger partial charge in [0.25, 0.3) is 0 Å². The van der Waals surface area contributed by atoms with Gasteiger partial charge >= 0.3 is 0 Å². The van der Waals surface area contributed by atoms with Crippen LogP contribution in [0.5, 0.6) is 0 Å². The zero-order chi connectivity index (χ0) is 7.52. The van der Waals surface area contributed by atoms with Crippen LogP contribution < -0.4 is 0 Å². The first-order chi connectivity index (χ1) is 5.45. The van der Waals surface area contributed by atoms with Gasteiger partial charge < -0.3 is 9.57 Å². The average molecular weight is 155 g/mol. The molecule has 0 spiro atoms. The number of rotatable bonds is 3. The Balaban J connectivity index is 1.65. The van der Waals surface area contributed by atoms with E-state index in [2.05, 4.69) is 5.16 Å². The third-order valence-electron chi connectivity index (χ3n) is 2.00.